The Hall–Kier alpha value is -7.84. The van der Waals surface area contributed by atoms with Crippen molar-refractivity contribution in [3.63, 3.8) is 0 Å². The van der Waals surface area contributed by atoms with Crippen LogP contribution >= 0.6 is 0 Å². The number of carboxylic acid groups (broad SMARTS) is 1. The van der Waals surface area contributed by atoms with Crippen LogP contribution in [0.25, 0.3) is 22.3 Å². The van der Waals surface area contributed by atoms with E-state index in [1.807, 2.05) is 96.1 Å². The van der Waals surface area contributed by atoms with Crippen molar-refractivity contribution in [1.82, 2.24) is 19.8 Å². The molecule has 2 amide bonds. The average Bonchev–Trinajstić information content (AvgIpc) is 3.34. The summed E-state index contributed by atoms with van der Waals surface area (Å²) in [6.07, 6.45) is 3.59. The number of amides is 2. The minimum Gasteiger partial charge on any atom is -0.870 e. The van der Waals surface area contributed by atoms with Crippen molar-refractivity contribution in [1.29, 1.82) is 10.5 Å². The first-order valence-electron chi connectivity index (χ1n) is 23.4. The number of carbonyl (C=O) groups excluding carboxylic acids is 3. The summed E-state index contributed by atoms with van der Waals surface area (Å²) < 4.78 is 7.69. The molecule has 75 heavy (non-hydrogen) atoms. The number of aliphatic carboxylic acids is 1. The summed E-state index contributed by atoms with van der Waals surface area (Å²) in [5.41, 5.74) is 6.72. The molecule has 2 heterocycles. The minimum absolute atomic E-state index is 0. The smallest absolute Gasteiger partial charge is 0.870 e. The molecule has 0 spiro atoms. The molecule has 0 saturated carbocycles. The topological polar surface area (TPSA) is 275 Å². The molecule has 6 aromatic rings. The number of aromatic nitrogens is 2. The Bertz CT molecular complexity index is 3080. The first-order valence-corrected chi connectivity index (χ1v) is 23.4. The van der Waals surface area contributed by atoms with Crippen LogP contribution in [0.4, 0.5) is 0 Å². The molecule has 4 atom stereocenters. The Morgan fingerprint density at radius 1 is 0.600 bits per heavy atom. The van der Waals surface area contributed by atoms with Crippen molar-refractivity contribution in [2.75, 3.05) is 7.11 Å². The number of nitrogens with one attached hydrogen (secondary N) is 2. The number of carbonyl (C=O) groups is 4. The van der Waals surface area contributed by atoms with Crippen LogP contribution in [-0.4, -0.2) is 56.1 Å². The largest absolute Gasteiger partial charge is 1.00 e. The second kappa shape index (κ2) is 31.0. The number of methoxy groups -OCH3 is 1. The Morgan fingerprint density at radius 3 is 1.31 bits per heavy atom. The number of hydrogen-bond acceptors (Lipinski definition) is 10. The molecular weight excluding hydrogens is 948 g/mol. The maximum Gasteiger partial charge on any atom is 1.00 e. The fourth-order valence-electron chi connectivity index (χ4n) is 8.39. The number of benzene rings is 4. The van der Waals surface area contributed by atoms with E-state index in [0.717, 1.165) is 27.8 Å². The van der Waals surface area contributed by atoms with Crippen molar-refractivity contribution in [2.45, 2.75) is 98.8 Å². The fourth-order valence-corrected chi connectivity index (χ4v) is 8.39. The molecule has 0 bridgehead atoms. The van der Waals surface area contributed by atoms with Crippen LogP contribution in [0.15, 0.2) is 143 Å². The third-order valence-corrected chi connectivity index (χ3v) is 12.0. The van der Waals surface area contributed by atoms with Gasteiger partial charge < -0.3 is 40.6 Å². The molecule has 0 radical (unpaired) electrons. The molecule has 2 aromatic heterocycles. The number of hydrogen-bond donors (Lipinski definition) is 3. The van der Waals surface area contributed by atoms with Gasteiger partial charge in [0.05, 0.1) is 55.3 Å². The Balaban J connectivity index is 0.000000712. The van der Waals surface area contributed by atoms with Crippen LogP contribution < -0.4 is 40.6 Å². The zero-order valence-corrected chi connectivity index (χ0v) is 43.0. The molecule has 390 valence electrons. The first kappa shape index (κ1) is 65.2. The summed E-state index contributed by atoms with van der Waals surface area (Å²) in [5, 5.41) is 34.8. The van der Waals surface area contributed by atoms with Crippen molar-refractivity contribution in [2.24, 2.45) is 11.8 Å². The molecule has 4 unspecified atom stereocenters. The van der Waals surface area contributed by atoms with E-state index in [0.29, 0.717) is 40.7 Å². The van der Waals surface area contributed by atoms with E-state index in [2.05, 4.69) is 22.8 Å². The fraction of sp³-hybridized carbons (Fsp3) is 0.310. The van der Waals surface area contributed by atoms with Gasteiger partial charge in [0.15, 0.2) is 0 Å². The van der Waals surface area contributed by atoms with E-state index < -0.39 is 42.0 Å². The van der Waals surface area contributed by atoms with Crippen molar-refractivity contribution in [3.8, 4) is 34.4 Å². The Kier molecular flexibility index (Phi) is 27.0. The first-order chi connectivity index (χ1) is 33.9. The van der Waals surface area contributed by atoms with Crippen molar-refractivity contribution < 1.29 is 58.8 Å². The van der Waals surface area contributed by atoms with Gasteiger partial charge >= 0.3 is 30.8 Å². The van der Waals surface area contributed by atoms with Gasteiger partial charge in [-0.25, -0.2) is 0 Å². The van der Waals surface area contributed by atoms with Crippen molar-refractivity contribution >= 4 is 23.8 Å². The number of nitriles is 2. The average molecular weight is 1020 g/mol. The standard InChI is InChI=1S/C29H31N3O4.C28H29N3O4.CH4.Li.2H2O/c1-19(2)15-26(32-14-8-7-11-27(32)33)29(35)31-25(17-28(34)36-4)21-12-13-22(18-30)24(16-21)23-10-6-5-9-20(23)3;1-18(2)14-25(31-13-7-6-10-26(31)32)28(35)30-24(16-27(33)34)20-11-12-21(17-29)23(15-20)22-9-5-4-8-19(22)3;;;;/h5-14,16,19,25-26H,15,17H2,1-4H3,(H,31,35);4-13,15,18,24-25H,14,16H2,1-3H3,(H,30,35)(H,33,34);1H4;;2*1H2/q;;;+1;;/p-1. The quantitative estimate of drug-likeness (QED) is 0.0668. The van der Waals surface area contributed by atoms with Gasteiger partial charge in [0.25, 0.3) is 11.1 Å². The number of carboxylic acids is 1. The summed E-state index contributed by atoms with van der Waals surface area (Å²) in [7, 11) is 1.30. The zero-order valence-electron chi connectivity index (χ0n) is 43.0. The number of nitrogens with zero attached hydrogens (tertiary/aromatic N) is 4. The SMILES string of the molecule is C.COC(=O)CC(NC(=O)C(CC(C)C)n1ccccc1=O)c1ccc(C#N)c(-c2ccccc2C)c1.Cc1ccccc1-c1cc(C(CC(=O)O)NC(=O)C(CC(C)C)n2ccccc2=O)ccc1C#N.O.[Li+].[OH-]. The van der Waals surface area contributed by atoms with Gasteiger partial charge in [0.2, 0.25) is 11.8 Å². The van der Waals surface area contributed by atoms with Crippen LogP contribution in [0.2, 0.25) is 0 Å². The van der Waals surface area contributed by atoms with Crippen LogP contribution in [0.1, 0.15) is 118 Å². The Labute approximate surface area is 450 Å². The monoisotopic (exact) mass is 1010 g/mol. The molecular formula is C58H67LiN6O10. The van der Waals surface area contributed by atoms with Crippen molar-refractivity contribution in [3.05, 3.63) is 188 Å². The van der Waals surface area contributed by atoms with Gasteiger partial charge in [-0.05, 0) is 108 Å². The van der Waals surface area contributed by atoms with Gasteiger partial charge in [-0.2, -0.15) is 10.5 Å². The third-order valence-electron chi connectivity index (χ3n) is 12.0. The second-order valence-corrected chi connectivity index (χ2v) is 18.1. The zero-order chi connectivity index (χ0) is 51.8. The number of ether oxygens (including phenoxy) is 1. The van der Waals surface area contributed by atoms with E-state index in [-0.39, 0.29) is 78.9 Å². The molecule has 6 N–H and O–H groups in total. The van der Waals surface area contributed by atoms with Gasteiger partial charge in [0.1, 0.15) is 12.1 Å². The van der Waals surface area contributed by atoms with E-state index in [9.17, 15) is 44.4 Å². The molecule has 4 aromatic carbocycles. The van der Waals surface area contributed by atoms with Gasteiger partial charge in [0, 0.05) is 35.7 Å². The predicted octanol–water partition coefficient (Wildman–Crippen LogP) is 5.96. The summed E-state index contributed by atoms with van der Waals surface area (Å²) in [4.78, 5) is 75.9. The summed E-state index contributed by atoms with van der Waals surface area (Å²) >= 11 is 0. The van der Waals surface area contributed by atoms with E-state index in [1.54, 1.807) is 67.0 Å². The van der Waals surface area contributed by atoms with Gasteiger partial charge in [-0.1, -0.05) is 108 Å². The molecule has 0 saturated heterocycles. The molecule has 17 heteroatoms. The van der Waals surface area contributed by atoms with Crippen LogP contribution in [0.5, 0.6) is 0 Å². The molecule has 0 fully saturated rings. The number of esters is 1. The van der Waals surface area contributed by atoms with Crippen LogP contribution in [0, 0.1) is 48.3 Å². The minimum atomic E-state index is -1.07. The third kappa shape index (κ3) is 17.7. The summed E-state index contributed by atoms with van der Waals surface area (Å²) in [5.74, 6) is -2.09. The van der Waals surface area contributed by atoms with Gasteiger partial charge in [-0.15, -0.1) is 0 Å². The van der Waals surface area contributed by atoms with Crippen LogP contribution in [0.3, 0.4) is 0 Å². The molecule has 0 aliphatic heterocycles. The second-order valence-electron chi connectivity index (χ2n) is 18.1. The van der Waals surface area contributed by atoms with Gasteiger partial charge in [-0.3, -0.25) is 28.8 Å². The van der Waals surface area contributed by atoms with Crippen LogP contribution in [-0.2, 0) is 23.9 Å². The molecule has 0 aliphatic carbocycles. The number of pyridine rings is 2. The maximum atomic E-state index is 13.5. The normalized spacial score (nSPS) is 11.8. The number of aryl methyl sites for hydroxylation is 2. The summed E-state index contributed by atoms with van der Waals surface area (Å²) in [6, 6.07) is 36.5. The molecule has 6 rings (SSSR count). The Morgan fingerprint density at radius 2 is 0.973 bits per heavy atom. The molecule has 16 nitrogen and oxygen atoms in total. The maximum absolute atomic E-state index is 13.5. The number of rotatable bonds is 18. The molecule has 0 aliphatic rings. The predicted molar refractivity (Wildman–Crippen MR) is 284 cm³/mol. The van der Waals surface area contributed by atoms with E-state index >= 15 is 0 Å². The van der Waals surface area contributed by atoms with E-state index in [4.69, 9.17) is 4.74 Å². The summed E-state index contributed by atoms with van der Waals surface area (Å²) in [6.45, 7) is 11.8. The van der Waals surface area contributed by atoms with E-state index in [1.165, 1.54) is 28.4 Å².